The summed E-state index contributed by atoms with van der Waals surface area (Å²) in [6, 6.07) is 1.21. The minimum atomic E-state index is -1.23. The van der Waals surface area contributed by atoms with Crippen LogP contribution >= 0.6 is 0 Å². The van der Waals surface area contributed by atoms with Gasteiger partial charge in [-0.15, -0.1) is 0 Å². The fraction of sp³-hybridized carbons (Fsp3) is 0.111. The third-order valence-electron chi connectivity index (χ3n) is 1.85. The molecule has 2 aromatic rings. The lowest BCUT2D eigenvalue weighted by Crippen LogP contribution is -1.94. The molecule has 1 heterocycles. The van der Waals surface area contributed by atoms with Crippen LogP contribution in [-0.4, -0.2) is 14.8 Å². The third kappa shape index (κ3) is 1.70. The van der Waals surface area contributed by atoms with Crippen molar-refractivity contribution in [3.05, 3.63) is 35.9 Å². The molecule has 2 rings (SSSR count). The van der Waals surface area contributed by atoms with Gasteiger partial charge in [0, 0.05) is 13.1 Å². The van der Waals surface area contributed by atoms with Crippen LogP contribution in [0.4, 0.5) is 13.2 Å². The van der Waals surface area contributed by atoms with E-state index in [-0.39, 0.29) is 11.4 Å². The first-order valence-corrected chi connectivity index (χ1v) is 4.08. The van der Waals surface area contributed by atoms with Crippen molar-refractivity contribution >= 4 is 0 Å². The highest BCUT2D eigenvalue weighted by Gasteiger charge is 2.14. The van der Waals surface area contributed by atoms with Gasteiger partial charge >= 0.3 is 0 Å². The average molecular weight is 213 g/mol. The van der Waals surface area contributed by atoms with E-state index in [0.717, 1.165) is 6.07 Å². The summed E-state index contributed by atoms with van der Waals surface area (Å²) in [6.07, 6.45) is 1.34. The van der Waals surface area contributed by atoms with Crippen molar-refractivity contribution in [3.63, 3.8) is 0 Å². The molecule has 0 aliphatic rings. The Morgan fingerprint density at radius 1 is 1.07 bits per heavy atom. The molecule has 0 amide bonds. The van der Waals surface area contributed by atoms with E-state index in [1.807, 2.05) is 0 Å². The standard InChI is InChI=1S/C9H6F3N3/c1-15-4-13-9(14-15)5-2-7(11)8(12)3-6(5)10/h2-4H,1H3. The van der Waals surface area contributed by atoms with Gasteiger partial charge in [-0.1, -0.05) is 0 Å². The molecule has 0 saturated carbocycles. The summed E-state index contributed by atoms with van der Waals surface area (Å²) in [7, 11) is 1.59. The summed E-state index contributed by atoms with van der Waals surface area (Å²) in [5, 5.41) is 3.79. The number of halogens is 3. The lowest BCUT2D eigenvalue weighted by atomic mass is 10.2. The minimum absolute atomic E-state index is 0.0221. The highest BCUT2D eigenvalue weighted by Crippen LogP contribution is 2.21. The summed E-state index contributed by atoms with van der Waals surface area (Å²) in [6.45, 7) is 0. The van der Waals surface area contributed by atoms with Crippen molar-refractivity contribution < 1.29 is 13.2 Å². The molecular formula is C9H6F3N3. The first-order chi connectivity index (χ1) is 7.08. The Bertz CT molecular complexity index is 507. The van der Waals surface area contributed by atoms with Gasteiger partial charge in [0.1, 0.15) is 12.1 Å². The van der Waals surface area contributed by atoms with Gasteiger partial charge in [0.25, 0.3) is 0 Å². The Kier molecular flexibility index (Phi) is 2.18. The van der Waals surface area contributed by atoms with Crippen LogP contribution in [0.3, 0.4) is 0 Å². The molecule has 0 aliphatic carbocycles. The van der Waals surface area contributed by atoms with E-state index in [0.29, 0.717) is 6.07 Å². The normalized spacial score (nSPS) is 10.7. The van der Waals surface area contributed by atoms with Gasteiger partial charge in [-0.25, -0.2) is 18.2 Å². The zero-order valence-electron chi connectivity index (χ0n) is 7.71. The van der Waals surface area contributed by atoms with Gasteiger partial charge in [0.2, 0.25) is 0 Å². The lowest BCUT2D eigenvalue weighted by molar-refractivity contribution is 0.496. The fourth-order valence-corrected chi connectivity index (χ4v) is 1.16. The Labute approximate surface area is 83.2 Å². The zero-order chi connectivity index (χ0) is 11.0. The van der Waals surface area contributed by atoms with Crippen LogP contribution in [0.25, 0.3) is 11.4 Å². The second kappa shape index (κ2) is 3.38. The Morgan fingerprint density at radius 2 is 1.73 bits per heavy atom. The van der Waals surface area contributed by atoms with Crippen LogP contribution in [-0.2, 0) is 7.05 Å². The molecule has 0 unspecified atom stereocenters. The molecule has 15 heavy (non-hydrogen) atoms. The first kappa shape index (κ1) is 9.70. The van der Waals surface area contributed by atoms with Crippen LogP contribution in [0.5, 0.6) is 0 Å². The van der Waals surface area contributed by atoms with Crippen molar-refractivity contribution in [2.24, 2.45) is 7.05 Å². The molecule has 1 aromatic carbocycles. The molecule has 3 nitrogen and oxygen atoms in total. The van der Waals surface area contributed by atoms with Gasteiger partial charge in [-0.3, -0.25) is 4.68 Å². The van der Waals surface area contributed by atoms with Crippen molar-refractivity contribution in [2.75, 3.05) is 0 Å². The van der Waals surface area contributed by atoms with E-state index in [1.165, 1.54) is 11.0 Å². The van der Waals surface area contributed by atoms with Gasteiger partial charge in [-0.2, -0.15) is 5.10 Å². The minimum Gasteiger partial charge on any atom is -0.255 e. The van der Waals surface area contributed by atoms with Crippen molar-refractivity contribution in [2.45, 2.75) is 0 Å². The number of nitrogens with zero attached hydrogens (tertiary/aromatic N) is 3. The molecule has 0 N–H and O–H groups in total. The summed E-state index contributed by atoms with van der Waals surface area (Å²) in [5.74, 6) is -3.22. The predicted octanol–water partition coefficient (Wildman–Crippen LogP) is 1.90. The second-order valence-electron chi connectivity index (χ2n) is 2.99. The molecule has 0 saturated heterocycles. The van der Waals surface area contributed by atoms with Gasteiger partial charge in [-0.05, 0) is 6.07 Å². The van der Waals surface area contributed by atoms with E-state index >= 15 is 0 Å². The molecule has 0 radical (unpaired) electrons. The van der Waals surface area contributed by atoms with Crippen LogP contribution in [0.2, 0.25) is 0 Å². The summed E-state index contributed by atoms with van der Waals surface area (Å²) in [4.78, 5) is 3.74. The molecule has 78 valence electrons. The smallest absolute Gasteiger partial charge is 0.184 e. The van der Waals surface area contributed by atoms with Gasteiger partial charge in [0.05, 0.1) is 5.56 Å². The Hall–Kier alpha value is -1.85. The average Bonchev–Trinajstić information content (AvgIpc) is 2.58. The molecule has 0 spiro atoms. The van der Waals surface area contributed by atoms with Crippen molar-refractivity contribution in [1.82, 2.24) is 14.8 Å². The zero-order valence-corrected chi connectivity index (χ0v) is 7.71. The van der Waals surface area contributed by atoms with Crippen LogP contribution < -0.4 is 0 Å². The number of hydrogen-bond acceptors (Lipinski definition) is 2. The highest BCUT2D eigenvalue weighted by molar-refractivity contribution is 5.55. The number of hydrogen-bond donors (Lipinski definition) is 0. The number of aryl methyl sites for hydroxylation is 1. The molecular weight excluding hydrogens is 207 g/mol. The van der Waals surface area contributed by atoms with E-state index in [1.54, 1.807) is 7.05 Å². The van der Waals surface area contributed by atoms with E-state index in [2.05, 4.69) is 10.1 Å². The summed E-state index contributed by atoms with van der Waals surface area (Å²) >= 11 is 0. The molecule has 0 fully saturated rings. The summed E-state index contributed by atoms with van der Waals surface area (Å²) in [5.41, 5.74) is -0.158. The fourth-order valence-electron chi connectivity index (χ4n) is 1.16. The molecule has 0 bridgehead atoms. The van der Waals surface area contributed by atoms with Crippen molar-refractivity contribution in [3.8, 4) is 11.4 Å². The second-order valence-corrected chi connectivity index (χ2v) is 2.99. The first-order valence-electron chi connectivity index (χ1n) is 4.08. The maximum Gasteiger partial charge on any atom is 0.184 e. The van der Waals surface area contributed by atoms with E-state index in [9.17, 15) is 13.2 Å². The quantitative estimate of drug-likeness (QED) is 0.677. The number of aromatic nitrogens is 3. The molecule has 1 aromatic heterocycles. The van der Waals surface area contributed by atoms with Crippen LogP contribution in [0.15, 0.2) is 18.5 Å². The Balaban J connectivity index is 2.58. The van der Waals surface area contributed by atoms with Crippen LogP contribution in [0, 0.1) is 17.5 Å². The number of rotatable bonds is 1. The SMILES string of the molecule is Cn1cnc(-c2cc(F)c(F)cc2F)n1. The van der Waals surface area contributed by atoms with E-state index < -0.39 is 17.5 Å². The maximum absolute atomic E-state index is 13.2. The summed E-state index contributed by atoms with van der Waals surface area (Å²) < 4.78 is 40.0. The third-order valence-corrected chi connectivity index (χ3v) is 1.85. The Morgan fingerprint density at radius 3 is 2.33 bits per heavy atom. The van der Waals surface area contributed by atoms with E-state index in [4.69, 9.17) is 0 Å². The van der Waals surface area contributed by atoms with Gasteiger partial charge < -0.3 is 0 Å². The largest absolute Gasteiger partial charge is 0.255 e. The lowest BCUT2D eigenvalue weighted by Gasteiger charge is -1.99. The molecule has 0 aliphatic heterocycles. The van der Waals surface area contributed by atoms with Crippen LogP contribution in [0.1, 0.15) is 0 Å². The topological polar surface area (TPSA) is 30.7 Å². The van der Waals surface area contributed by atoms with Gasteiger partial charge in [0.15, 0.2) is 17.5 Å². The molecule has 6 heteroatoms. The highest BCUT2D eigenvalue weighted by atomic mass is 19.2. The molecule has 0 atom stereocenters. The predicted molar refractivity (Wildman–Crippen MR) is 46.3 cm³/mol. The maximum atomic E-state index is 13.2. The number of benzene rings is 1. The van der Waals surface area contributed by atoms with Crippen molar-refractivity contribution in [1.29, 1.82) is 0 Å². The monoisotopic (exact) mass is 213 g/mol.